The fourth-order valence-corrected chi connectivity index (χ4v) is 3.36. The summed E-state index contributed by atoms with van der Waals surface area (Å²) in [4.78, 5) is 12.6. The van der Waals surface area contributed by atoms with Gasteiger partial charge in [-0.05, 0) is 37.7 Å². The van der Waals surface area contributed by atoms with Crippen molar-refractivity contribution in [1.29, 1.82) is 0 Å². The minimum atomic E-state index is -0.741. The van der Waals surface area contributed by atoms with Gasteiger partial charge in [-0.15, -0.1) is 0 Å². The first kappa shape index (κ1) is 17.6. The Labute approximate surface area is 147 Å². The molecule has 134 valence electrons. The summed E-state index contributed by atoms with van der Waals surface area (Å²) in [6, 6.07) is 8.71. The number of aryl methyl sites for hydroxylation is 1. The molecule has 2 aromatic rings. The van der Waals surface area contributed by atoms with Gasteiger partial charge in [0.1, 0.15) is 0 Å². The van der Waals surface area contributed by atoms with E-state index in [0.717, 1.165) is 48.9 Å². The molecule has 6 heteroatoms. The highest BCUT2D eigenvalue weighted by Crippen LogP contribution is 2.22. The number of hydrogen-bond donors (Lipinski definition) is 4. The van der Waals surface area contributed by atoms with Gasteiger partial charge in [-0.25, -0.2) is 0 Å². The van der Waals surface area contributed by atoms with Crippen molar-refractivity contribution in [2.24, 2.45) is 0 Å². The van der Waals surface area contributed by atoms with Gasteiger partial charge in [0.2, 0.25) is 0 Å². The second-order valence-corrected chi connectivity index (χ2v) is 6.61. The van der Waals surface area contributed by atoms with E-state index in [0.29, 0.717) is 5.69 Å². The van der Waals surface area contributed by atoms with Gasteiger partial charge in [-0.3, -0.25) is 9.89 Å². The summed E-state index contributed by atoms with van der Waals surface area (Å²) in [5.41, 5.74) is 3.23. The van der Waals surface area contributed by atoms with Gasteiger partial charge < -0.3 is 15.5 Å². The number of fused-ring (bicyclic) bond motifs is 1. The van der Waals surface area contributed by atoms with E-state index in [1.54, 1.807) is 0 Å². The highest BCUT2D eigenvalue weighted by atomic mass is 16.3. The van der Waals surface area contributed by atoms with Crippen LogP contribution in [0.2, 0.25) is 0 Å². The smallest absolute Gasteiger partial charge is 0.272 e. The van der Waals surface area contributed by atoms with E-state index in [2.05, 4.69) is 15.5 Å². The monoisotopic (exact) mass is 343 g/mol. The molecule has 0 fully saturated rings. The first-order valence-corrected chi connectivity index (χ1v) is 8.90. The van der Waals surface area contributed by atoms with E-state index in [-0.39, 0.29) is 18.9 Å². The van der Waals surface area contributed by atoms with E-state index in [1.165, 1.54) is 0 Å². The predicted molar refractivity (Wildman–Crippen MR) is 94.2 cm³/mol. The van der Waals surface area contributed by atoms with Crippen molar-refractivity contribution in [1.82, 2.24) is 15.5 Å². The number of H-pyrrole nitrogens is 1. The second-order valence-electron chi connectivity index (χ2n) is 6.61. The highest BCUT2D eigenvalue weighted by Gasteiger charge is 2.24. The maximum absolute atomic E-state index is 12.6. The van der Waals surface area contributed by atoms with Crippen molar-refractivity contribution in [3.8, 4) is 0 Å². The van der Waals surface area contributed by atoms with Crippen LogP contribution in [-0.2, 0) is 12.8 Å². The average Bonchev–Trinajstić information content (AvgIpc) is 2.90. The zero-order valence-electron chi connectivity index (χ0n) is 14.2. The maximum Gasteiger partial charge on any atom is 0.272 e. The molecule has 1 aliphatic carbocycles. The van der Waals surface area contributed by atoms with Crippen LogP contribution < -0.4 is 5.32 Å². The quantitative estimate of drug-likeness (QED) is 0.602. The number of nitrogens with one attached hydrogen (secondary N) is 2. The van der Waals surface area contributed by atoms with Crippen molar-refractivity contribution >= 4 is 5.91 Å². The predicted octanol–water partition coefficient (Wildman–Crippen LogP) is 1.89. The zero-order valence-corrected chi connectivity index (χ0v) is 14.2. The molecular weight excluding hydrogens is 318 g/mol. The Bertz CT molecular complexity index is 699. The van der Waals surface area contributed by atoms with Gasteiger partial charge in [-0.1, -0.05) is 36.8 Å². The first-order valence-electron chi connectivity index (χ1n) is 8.90. The number of aliphatic hydroxyl groups excluding tert-OH is 2. The van der Waals surface area contributed by atoms with Gasteiger partial charge in [0.25, 0.3) is 5.91 Å². The number of benzene rings is 1. The molecule has 0 bridgehead atoms. The third kappa shape index (κ3) is 4.27. The molecule has 0 saturated heterocycles. The normalized spacial score (nSPS) is 16.6. The molecule has 1 aliphatic rings. The van der Waals surface area contributed by atoms with Crippen molar-refractivity contribution in [2.75, 3.05) is 6.61 Å². The molecule has 0 radical (unpaired) electrons. The Morgan fingerprint density at radius 1 is 1.20 bits per heavy atom. The molecule has 25 heavy (non-hydrogen) atoms. The van der Waals surface area contributed by atoms with Crippen molar-refractivity contribution < 1.29 is 15.0 Å². The lowest BCUT2D eigenvalue weighted by Crippen LogP contribution is -2.39. The minimum Gasteiger partial charge on any atom is -0.394 e. The standard InChI is InChI=1S/C19H25N3O3/c23-12-14(11-17(24)13-7-3-1-4-8-13)20-19(25)18-15-9-5-2-6-10-16(15)21-22-18/h1,3-4,7-8,14,17,23-24H,2,5-6,9-12H2,(H,20,25)(H,21,22). The van der Waals surface area contributed by atoms with E-state index in [1.807, 2.05) is 30.3 Å². The van der Waals surface area contributed by atoms with Crippen LogP contribution in [0.15, 0.2) is 30.3 Å². The summed E-state index contributed by atoms with van der Waals surface area (Å²) >= 11 is 0. The third-order valence-electron chi connectivity index (χ3n) is 4.77. The number of aliphatic hydroxyl groups is 2. The Morgan fingerprint density at radius 3 is 2.72 bits per heavy atom. The molecule has 0 spiro atoms. The SMILES string of the molecule is O=C(NC(CO)CC(O)c1ccccc1)c1n[nH]c2c1CCCCC2. The van der Waals surface area contributed by atoms with Crippen LogP contribution in [0.25, 0.3) is 0 Å². The molecule has 1 amide bonds. The Balaban J connectivity index is 1.65. The molecule has 0 aliphatic heterocycles. The van der Waals surface area contributed by atoms with Crippen LogP contribution in [-0.4, -0.2) is 39.0 Å². The summed E-state index contributed by atoms with van der Waals surface area (Å²) in [7, 11) is 0. The average molecular weight is 343 g/mol. The number of carbonyl (C=O) groups excluding carboxylic acids is 1. The molecule has 1 heterocycles. The van der Waals surface area contributed by atoms with Gasteiger partial charge in [0, 0.05) is 11.3 Å². The van der Waals surface area contributed by atoms with Crippen molar-refractivity contribution in [2.45, 2.75) is 50.7 Å². The number of aromatic amines is 1. The fourth-order valence-electron chi connectivity index (χ4n) is 3.36. The van der Waals surface area contributed by atoms with Crippen LogP contribution >= 0.6 is 0 Å². The molecule has 3 rings (SSSR count). The van der Waals surface area contributed by atoms with Crippen LogP contribution in [0.5, 0.6) is 0 Å². The van der Waals surface area contributed by atoms with Gasteiger partial charge in [0.15, 0.2) is 5.69 Å². The number of hydrogen-bond acceptors (Lipinski definition) is 4. The van der Waals surface area contributed by atoms with E-state index in [9.17, 15) is 15.0 Å². The molecule has 0 saturated carbocycles. The summed E-state index contributed by atoms with van der Waals surface area (Å²) in [5, 5.41) is 29.9. The second kappa shape index (κ2) is 8.27. The molecular formula is C19H25N3O3. The van der Waals surface area contributed by atoms with Crippen molar-refractivity contribution in [3.63, 3.8) is 0 Å². The Morgan fingerprint density at radius 2 is 1.96 bits per heavy atom. The van der Waals surface area contributed by atoms with Crippen LogP contribution in [0.4, 0.5) is 0 Å². The summed E-state index contributed by atoms with van der Waals surface area (Å²) < 4.78 is 0. The molecule has 6 nitrogen and oxygen atoms in total. The first-order chi connectivity index (χ1) is 12.2. The molecule has 4 N–H and O–H groups in total. The van der Waals surface area contributed by atoms with E-state index >= 15 is 0 Å². The molecule has 2 atom stereocenters. The summed E-state index contributed by atoms with van der Waals surface area (Å²) in [6.07, 6.45) is 4.61. The lowest BCUT2D eigenvalue weighted by Gasteiger charge is -2.20. The molecule has 1 aromatic heterocycles. The Kier molecular flexibility index (Phi) is 5.83. The third-order valence-corrected chi connectivity index (χ3v) is 4.77. The maximum atomic E-state index is 12.6. The van der Waals surface area contributed by atoms with Gasteiger partial charge in [0.05, 0.1) is 18.8 Å². The van der Waals surface area contributed by atoms with Crippen LogP contribution in [0, 0.1) is 0 Å². The largest absolute Gasteiger partial charge is 0.394 e. The number of rotatable bonds is 6. The zero-order chi connectivity index (χ0) is 17.6. The van der Waals surface area contributed by atoms with Gasteiger partial charge in [-0.2, -0.15) is 5.10 Å². The number of carbonyl (C=O) groups is 1. The fraction of sp³-hybridized carbons (Fsp3) is 0.474. The summed E-state index contributed by atoms with van der Waals surface area (Å²) in [6.45, 7) is -0.234. The number of nitrogens with zero attached hydrogens (tertiary/aromatic N) is 1. The van der Waals surface area contributed by atoms with Crippen molar-refractivity contribution in [3.05, 3.63) is 52.8 Å². The lowest BCUT2D eigenvalue weighted by atomic mass is 10.0. The molecule has 2 unspecified atom stereocenters. The molecule has 1 aromatic carbocycles. The van der Waals surface area contributed by atoms with E-state index in [4.69, 9.17) is 0 Å². The van der Waals surface area contributed by atoms with E-state index < -0.39 is 12.1 Å². The van der Waals surface area contributed by atoms with Crippen LogP contribution in [0.1, 0.15) is 59.1 Å². The minimum absolute atomic E-state index is 0.234. The number of amides is 1. The van der Waals surface area contributed by atoms with Gasteiger partial charge >= 0.3 is 0 Å². The Hall–Kier alpha value is -2.18. The topological polar surface area (TPSA) is 98.2 Å². The highest BCUT2D eigenvalue weighted by molar-refractivity contribution is 5.94. The number of aromatic nitrogens is 2. The lowest BCUT2D eigenvalue weighted by molar-refractivity contribution is 0.0860. The summed E-state index contributed by atoms with van der Waals surface area (Å²) in [5.74, 6) is -0.293. The van der Waals surface area contributed by atoms with Crippen LogP contribution in [0.3, 0.4) is 0 Å².